The summed E-state index contributed by atoms with van der Waals surface area (Å²) in [6.45, 7) is 8.16. The highest BCUT2D eigenvalue weighted by molar-refractivity contribution is 5.75. The van der Waals surface area contributed by atoms with Crippen LogP contribution >= 0.6 is 0 Å². The third-order valence-electron chi connectivity index (χ3n) is 2.76. The first-order chi connectivity index (χ1) is 9.31. The Bertz CT molecular complexity index is 458. The van der Waals surface area contributed by atoms with Gasteiger partial charge in [-0.1, -0.05) is 39.0 Å². The number of urea groups is 1. The predicted octanol–water partition coefficient (Wildman–Crippen LogP) is 3.62. The monoisotopic (exact) mass is 276 g/mol. The van der Waals surface area contributed by atoms with Crippen LogP contribution in [0.25, 0.3) is 0 Å². The Morgan fingerprint density at radius 3 is 2.35 bits per heavy atom. The fraction of sp³-hybridized carbons (Fsp3) is 0.438. The zero-order chi connectivity index (χ0) is 15.2. The maximum absolute atomic E-state index is 11.7. The number of carbonyl (C=O) groups is 1. The van der Waals surface area contributed by atoms with Crippen molar-refractivity contribution < 1.29 is 9.53 Å². The molecule has 1 aromatic carbocycles. The molecule has 1 rings (SSSR count). The highest BCUT2D eigenvalue weighted by Gasteiger charge is 2.09. The van der Waals surface area contributed by atoms with E-state index in [1.54, 1.807) is 13.3 Å². The standard InChI is InChI=1S/C16H24N2O2/c1-12(13-6-8-14(20-5)9-7-13)18-15(19)17-11-10-16(2,3)4/h6-12H,1-5H3,(H2,17,18,19)/b11-10+. The summed E-state index contributed by atoms with van der Waals surface area (Å²) >= 11 is 0. The topological polar surface area (TPSA) is 50.4 Å². The van der Waals surface area contributed by atoms with Crippen molar-refractivity contribution in [1.29, 1.82) is 0 Å². The molecule has 0 aliphatic carbocycles. The Morgan fingerprint density at radius 2 is 1.85 bits per heavy atom. The van der Waals surface area contributed by atoms with Gasteiger partial charge in [-0.15, -0.1) is 0 Å². The van der Waals surface area contributed by atoms with Crippen molar-refractivity contribution in [1.82, 2.24) is 10.6 Å². The van der Waals surface area contributed by atoms with E-state index in [1.807, 2.05) is 37.3 Å². The van der Waals surface area contributed by atoms with E-state index in [2.05, 4.69) is 31.4 Å². The number of amides is 2. The molecular formula is C16H24N2O2. The van der Waals surface area contributed by atoms with E-state index in [4.69, 9.17) is 4.74 Å². The molecule has 0 aliphatic heterocycles. The molecule has 0 aliphatic rings. The summed E-state index contributed by atoms with van der Waals surface area (Å²) in [5, 5.41) is 5.58. The van der Waals surface area contributed by atoms with Crippen LogP contribution in [0.2, 0.25) is 0 Å². The smallest absolute Gasteiger partial charge is 0.319 e. The molecule has 1 unspecified atom stereocenters. The Hall–Kier alpha value is -1.97. The summed E-state index contributed by atoms with van der Waals surface area (Å²) in [4.78, 5) is 11.7. The van der Waals surface area contributed by atoms with Crippen LogP contribution in [0.4, 0.5) is 4.79 Å². The Morgan fingerprint density at radius 1 is 1.25 bits per heavy atom. The molecule has 1 aromatic rings. The lowest BCUT2D eigenvalue weighted by Crippen LogP contribution is -2.34. The van der Waals surface area contributed by atoms with Gasteiger partial charge in [-0.2, -0.15) is 0 Å². The van der Waals surface area contributed by atoms with Crippen molar-refractivity contribution in [3.8, 4) is 5.75 Å². The van der Waals surface area contributed by atoms with Crippen molar-refractivity contribution in [3.05, 3.63) is 42.1 Å². The maximum atomic E-state index is 11.7. The minimum Gasteiger partial charge on any atom is -0.497 e. The molecule has 110 valence electrons. The third-order valence-corrected chi connectivity index (χ3v) is 2.76. The first kappa shape index (κ1) is 16.1. The molecule has 2 N–H and O–H groups in total. The van der Waals surface area contributed by atoms with Gasteiger partial charge in [-0.05, 0) is 30.0 Å². The quantitative estimate of drug-likeness (QED) is 0.882. The molecule has 0 saturated heterocycles. The number of methoxy groups -OCH3 is 1. The molecule has 4 heteroatoms. The number of benzene rings is 1. The lowest BCUT2D eigenvalue weighted by molar-refractivity contribution is 0.241. The number of nitrogens with one attached hydrogen (secondary N) is 2. The third kappa shape index (κ3) is 5.78. The van der Waals surface area contributed by atoms with E-state index in [-0.39, 0.29) is 17.5 Å². The fourth-order valence-corrected chi connectivity index (χ4v) is 1.58. The van der Waals surface area contributed by atoms with Crippen LogP contribution < -0.4 is 15.4 Å². The molecular weight excluding hydrogens is 252 g/mol. The van der Waals surface area contributed by atoms with Crippen LogP contribution in [0.1, 0.15) is 39.3 Å². The molecule has 20 heavy (non-hydrogen) atoms. The molecule has 0 spiro atoms. The minimum atomic E-state index is -0.214. The van der Waals surface area contributed by atoms with Gasteiger partial charge in [0.05, 0.1) is 13.2 Å². The van der Waals surface area contributed by atoms with Gasteiger partial charge in [0.2, 0.25) is 0 Å². The Balaban J connectivity index is 2.50. The SMILES string of the molecule is COc1ccc(C(C)NC(=O)N/C=C/C(C)(C)C)cc1. The summed E-state index contributed by atoms with van der Waals surface area (Å²) in [7, 11) is 1.63. The van der Waals surface area contributed by atoms with Crippen LogP contribution in [0.5, 0.6) is 5.75 Å². The van der Waals surface area contributed by atoms with E-state index >= 15 is 0 Å². The molecule has 0 bridgehead atoms. The minimum absolute atomic E-state index is 0.0505. The summed E-state index contributed by atoms with van der Waals surface area (Å²) < 4.78 is 5.11. The molecule has 2 amide bonds. The number of allylic oxidation sites excluding steroid dienone is 1. The largest absolute Gasteiger partial charge is 0.497 e. The van der Waals surface area contributed by atoms with Crippen LogP contribution in [0, 0.1) is 5.41 Å². The van der Waals surface area contributed by atoms with E-state index in [1.165, 1.54) is 0 Å². The Labute approximate surface area is 121 Å². The van der Waals surface area contributed by atoms with Crippen molar-refractivity contribution in [2.45, 2.75) is 33.7 Å². The van der Waals surface area contributed by atoms with Crippen molar-refractivity contribution >= 4 is 6.03 Å². The van der Waals surface area contributed by atoms with E-state index in [9.17, 15) is 4.79 Å². The fourth-order valence-electron chi connectivity index (χ4n) is 1.58. The zero-order valence-corrected chi connectivity index (χ0v) is 12.9. The van der Waals surface area contributed by atoms with E-state index < -0.39 is 0 Å². The Kier molecular flexibility index (Phi) is 5.62. The van der Waals surface area contributed by atoms with Crippen molar-refractivity contribution in [2.24, 2.45) is 5.41 Å². The van der Waals surface area contributed by atoms with Crippen LogP contribution in [-0.4, -0.2) is 13.1 Å². The number of hydrogen-bond acceptors (Lipinski definition) is 2. The molecule has 0 heterocycles. The molecule has 0 aromatic heterocycles. The number of carbonyl (C=O) groups excluding carboxylic acids is 1. The number of rotatable bonds is 4. The number of hydrogen-bond donors (Lipinski definition) is 2. The van der Waals surface area contributed by atoms with Gasteiger partial charge in [-0.3, -0.25) is 0 Å². The van der Waals surface area contributed by atoms with Gasteiger partial charge in [0, 0.05) is 6.20 Å². The first-order valence-corrected chi connectivity index (χ1v) is 6.70. The second-order valence-electron chi connectivity index (χ2n) is 5.81. The second kappa shape index (κ2) is 6.98. The molecule has 0 saturated carbocycles. The van der Waals surface area contributed by atoms with Crippen LogP contribution in [0.15, 0.2) is 36.5 Å². The summed E-state index contributed by atoms with van der Waals surface area (Å²) in [6.07, 6.45) is 3.63. The maximum Gasteiger partial charge on any atom is 0.319 e. The summed E-state index contributed by atoms with van der Waals surface area (Å²) in [5.74, 6) is 0.804. The normalized spacial score (nSPS) is 13.1. The second-order valence-corrected chi connectivity index (χ2v) is 5.81. The summed E-state index contributed by atoms with van der Waals surface area (Å²) in [6, 6.07) is 7.36. The van der Waals surface area contributed by atoms with E-state index in [0.29, 0.717) is 0 Å². The van der Waals surface area contributed by atoms with Crippen LogP contribution in [0.3, 0.4) is 0 Å². The van der Waals surface area contributed by atoms with Gasteiger partial charge < -0.3 is 15.4 Å². The lowest BCUT2D eigenvalue weighted by atomic mass is 9.97. The number of ether oxygens (including phenoxy) is 1. The average molecular weight is 276 g/mol. The van der Waals surface area contributed by atoms with Gasteiger partial charge in [0.1, 0.15) is 5.75 Å². The molecule has 1 atom stereocenters. The van der Waals surface area contributed by atoms with E-state index in [0.717, 1.165) is 11.3 Å². The zero-order valence-electron chi connectivity index (χ0n) is 12.9. The molecule has 0 radical (unpaired) electrons. The van der Waals surface area contributed by atoms with Gasteiger partial charge >= 0.3 is 6.03 Å². The van der Waals surface area contributed by atoms with Crippen LogP contribution in [-0.2, 0) is 0 Å². The van der Waals surface area contributed by atoms with Gasteiger partial charge in [0.25, 0.3) is 0 Å². The molecule has 4 nitrogen and oxygen atoms in total. The summed E-state index contributed by atoms with van der Waals surface area (Å²) in [5.41, 5.74) is 1.08. The van der Waals surface area contributed by atoms with Gasteiger partial charge in [0.15, 0.2) is 0 Å². The molecule has 0 fully saturated rings. The predicted molar refractivity (Wildman–Crippen MR) is 81.7 cm³/mol. The highest BCUT2D eigenvalue weighted by Crippen LogP contribution is 2.17. The van der Waals surface area contributed by atoms with Crippen molar-refractivity contribution in [2.75, 3.05) is 7.11 Å². The lowest BCUT2D eigenvalue weighted by Gasteiger charge is -2.15. The average Bonchev–Trinajstić information content (AvgIpc) is 2.37. The van der Waals surface area contributed by atoms with Gasteiger partial charge in [-0.25, -0.2) is 4.79 Å². The van der Waals surface area contributed by atoms with Crippen molar-refractivity contribution in [3.63, 3.8) is 0 Å². The first-order valence-electron chi connectivity index (χ1n) is 6.70. The highest BCUT2D eigenvalue weighted by atomic mass is 16.5.